The number of carbonyl (C=O) groups is 1. The number of hydrogen-bond acceptors (Lipinski definition) is 4. The van der Waals surface area contributed by atoms with Crippen LogP contribution in [-0.4, -0.2) is 21.0 Å². The Morgan fingerprint density at radius 1 is 1.08 bits per heavy atom. The molecule has 0 aliphatic heterocycles. The van der Waals surface area contributed by atoms with Crippen LogP contribution in [0, 0.1) is 20.8 Å². The second-order valence-corrected chi connectivity index (χ2v) is 7.20. The molecule has 0 aliphatic carbocycles. The summed E-state index contributed by atoms with van der Waals surface area (Å²) in [5, 5.41) is 0. The molecule has 0 aromatic heterocycles. The van der Waals surface area contributed by atoms with Crippen molar-refractivity contribution in [2.75, 3.05) is 11.3 Å². The molecule has 0 spiro atoms. The van der Waals surface area contributed by atoms with Gasteiger partial charge in [-0.1, -0.05) is 18.2 Å². The van der Waals surface area contributed by atoms with Crippen LogP contribution >= 0.6 is 0 Å². The molecule has 0 saturated heterocycles. The zero-order valence-corrected chi connectivity index (χ0v) is 15.0. The van der Waals surface area contributed by atoms with Crippen molar-refractivity contribution < 1.29 is 17.9 Å². The van der Waals surface area contributed by atoms with Crippen LogP contribution in [0.25, 0.3) is 0 Å². The van der Waals surface area contributed by atoms with Gasteiger partial charge in [0.25, 0.3) is 10.0 Å². The molecule has 128 valence electrons. The molecular formula is C18H21NO4S. The highest BCUT2D eigenvalue weighted by Gasteiger charge is 2.20. The van der Waals surface area contributed by atoms with Crippen molar-refractivity contribution in [2.24, 2.45) is 0 Å². The molecule has 2 aromatic carbocycles. The van der Waals surface area contributed by atoms with Gasteiger partial charge in [-0.3, -0.25) is 4.72 Å². The number of carbonyl (C=O) groups excluding carboxylic acids is 1. The fourth-order valence-electron chi connectivity index (χ4n) is 2.29. The maximum absolute atomic E-state index is 12.8. The molecule has 0 unspecified atom stereocenters. The third kappa shape index (κ3) is 3.76. The van der Waals surface area contributed by atoms with Gasteiger partial charge in [-0.25, -0.2) is 13.2 Å². The highest BCUT2D eigenvalue weighted by molar-refractivity contribution is 7.92. The molecule has 6 heteroatoms. The molecule has 2 aromatic rings. The highest BCUT2D eigenvalue weighted by atomic mass is 32.2. The molecule has 1 N–H and O–H groups in total. The Labute approximate surface area is 142 Å². The molecule has 0 saturated carbocycles. The number of anilines is 1. The predicted octanol–water partition coefficient (Wildman–Crippen LogP) is 3.59. The number of esters is 1. The summed E-state index contributed by atoms with van der Waals surface area (Å²) in [5.41, 5.74) is 3.15. The number of rotatable bonds is 5. The SMILES string of the molecule is CCOC(=O)c1ccc(C)c(S(=O)(=O)Nc2cccc(C)c2C)c1. The first-order valence-corrected chi connectivity index (χ1v) is 9.11. The zero-order chi connectivity index (χ0) is 17.9. The number of aryl methyl sites for hydroxylation is 2. The van der Waals surface area contributed by atoms with Crippen LogP contribution in [-0.2, 0) is 14.8 Å². The fourth-order valence-corrected chi connectivity index (χ4v) is 3.69. The van der Waals surface area contributed by atoms with E-state index in [1.807, 2.05) is 19.9 Å². The lowest BCUT2D eigenvalue weighted by Crippen LogP contribution is -2.16. The Hall–Kier alpha value is -2.34. The summed E-state index contributed by atoms with van der Waals surface area (Å²) < 4.78 is 33.0. The van der Waals surface area contributed by atoms with Gasteiger partial charge in [0.05, 0.1) is 22.8 Å². The number of ether oxygens (including phenoxy) is 1. The van der Waals surface area contributed by atoms with Gasteiger partial charge in [-0.05, 0) is 62.6 Å². The summed E-state index contributed by atoms with van der Waals surface area (Å²) in [6.07, 6.45) is 0. The smallest absolute Gasteiger partial charge is 0.338 e. The van der Waals surface area contributed by atoms with Gasteiger partial charge < -0.3 is 4.74 Å². The molecular weight excluding hydrogens is 326 g/mol. The minimum absolute atomic E-state index is 0.0639. The van der Waals surface area contributed by atoms with Crippen molar-refractivity contribution in [3.05, 3.63) is 58.7 Å². The lowest BCUT2D eigenvalue weighted by atomic mass is 10.1. The fraction of sp³-hybridized carbons (Fsp3) is 0.278. The maximum atomic E-state index is 12.8. The van der Waals surface area contributed by atoms with Crippen LogP contribution in [0.3, 0.4) is 0 Å². The topological polar surface area (TPSA) is 72.5 Å². The summed E-state index contributed by atoms with van der Waals surface area (Å²) in [5.74, 6) is -0.541. The van der Waals surface area contributed by atoms with E-state index in [0.29, 0.717) is 11.3 Å². The normalized spacial score (nSPS) is 11.2. The van der Waals surface area contributed by atoms with Gasteiger partial charge in [0.1, 0.15) is 0 Å². The van der Waals surface area contributed by atoms with E-state index < -0.39 is 16.0 Å². The van der Waals surface area contributed by atoms with Crippen molar-refractivity contribution in [1.82, 2.24) is 0 Å². The molecule has 0 amide bonds. The monoisotopic (exact) mass is 347 g/mol. The predicted molar refractivity (Wildman–Crippen MR) is 93.9 cm³/mol. The number of benzene rings is 2. The third-order valence-electron chi connectivity index (χ3n) is 3.84. The molecule has 0 bridgehead atoms. The lowest BCUT2D eigenvalue weighted by molar-refractivity contribution is 0.0526. The van der Waals surface area contributed by atoms with Gasteiger partial charge in [0.2, 0.25) is 0 Å². The molecule has 0 radical (unpaired) electrons. The molecule has 24 heavy (non-hydrogen) atoms. The zero-order valence-electron chi connectivity index (χ0n) is 14.2. The summed E-state index contributed by atoms with van der Waals surface area (Å²) in [6, 6.07) is 9.93. The second kappa shape index (κ2) is 7.05. The van der Waals surface area contributed by atoms with Crippen molar-refractivity contribution in [3.63, 3.8) is 0 Å². The van der Waals surface area contributed by atoms with E-state index >= 15 is 0 Å². The van der Waals surface area contributed by atoms with Crippen LogP contribution in [0.5, 0.6) is 0 Å². The van der Waals surface area contributed by atoms with Crippen LogP contribution in [0.15, 0.2) is 41.3 Å². The summed E-state index contributed by atoms with van der Waals surface area (Å²) in [7, 11) is -3.81. The van der Waals surface area contributed by atoms with Crippen molar-refractivity contribution in [2.45, 2.75) is 32.6 Å². The standard InChI is InChI=1S/C18H21NO4S/c1-5-23-18(20)15-10-9-13(3)17(11-15)24(21,22)19-16-8-6-7-12(2)14(16)4/h6-11,19H,5H2,1-4H3. The average Bonchev–Trinajstić information content (AvgIpc) is 2.52. The van der Waals surface area contributed by atoms with E-state index in [2.05, 4.69) is 4.72 Å². The van der Waals surface area contributed by atoms with E-state index in [-0.39, 0.29) is 17.1 Å². The first kappa shape index (κ1) is 18.0. The van der Waals surface area contributed by atoms with Crippen molar-refractivity contribution in [3.8, 4) is 0 Å². The van der Waals surface area contributed by atoms with Crippen molar-refractivity contribution >= 4 is 21.7 Å². The molecule has 0 atom stereocenters. The van der Waals surface area contributed by atoms with Crippen LogP contribution in [0.1, 0.15) is 34.0 Å². The summed E-state index contributed by atoms with van der Waals surface area (Å²) in [4.78, 5) is 11.9. The highest BCUT2D eigenvalue weighted by Crippen LogP contribution is 2.24. The van der Waals surface area contributed by atoms with Crippen LogP contribution in [0.2, 0.25) is 0 Å². The van der Waals surface area contributed by atoms with E-state index in [9.17, 15) is 13.2 Å². The number of sulfonamides is 1. The Balaban J connectivity index is 2.43. The van der Waals surface area contributed by atoms with E-state index in [1.54, 1.807) is 38.1 Å². The van der Waals surface area contributed by atoms with E-state index in [0.717, 1.165) is 11.1 Å². The van der Waals surface area contributed by atoms with Crippen LogP contribution < -0.4 is 4.72 Å². The van der Waals surface area contributed by atoms with E-state index in [4.69, 9.17) is 4.74 Å². The summed E-state index contributed by atoms with van der Waals surface area (Å²) in [6.45, 7) is 7.39. The molecule has 0 fully saturated rings. The second-order valence-electron chi connectivity index (χ2n) is 5.55. The van der Waals surface area contributed by atoms with Gasteiger partial charge in [-0.2, -0.15) is 0 Å². The molecule has 0 heterocycles. The third-order valence-corrected chi connectivity index (χ3v) is 5.35. The van der Waals surface area contributed by atoms with Gasteiger partial charge in [-0.15, -0.1) is 0 Å². The lowest BCUT2D eigenvalue weighted by Gasteiger charge is -2.14. The van der Waals surface area contributed by atoms with Gasteiger partial charge in [0.15, 0.2) is 0 Å². The molecule has 5 nitrogen and oxygen atoms in total. The van der Waals surface area contributed by atoms with Gasteiger partial charge >= 0.3 is 5.97 Å². The Bertz CT molecular complexity index is 873. The van der Waals surface area contributed by atoms with E-state index in [1.165, 1.54) is 6.07 Å². The summed E-state index contributed by atoms with van der Waals surface area (Å²) >= 11 is 0. The largest absolute Gasteiger partial charge is 0.462 e. The average molecular weight is 347 g/mol. The maximum Gasteiger partial charge on any atom is 0.338 e. The first-order chi connectivity index (χ1) is 11.3. The first-order valence-electron chi connectivity index (χ1n) is 7.63. The quantitative estimate of drug-likeness (QED) is 0.839. The minimum atomic E-state index is -3.81. The molecule has 0 aliphatic rings. The van der Waals surface area contributed by atoms with Crippen molar-refractivity contribution in [1.29, 1.82) is 0 Å². The minimum Gasteiger partial charge on any atom is -0.462 e. The number of hydrogen-bond donors (Lipinski definition) is 1. The Kier molecular flexibility index (Phi) is 5.29. The Morgan fingerprint density at radius 2 is 1.79 bits per heavy atom. The van der Waals surface area contributed by atoms with Crippen LogP contribution in [0.4, 0.5) is 5.69 Å². The Morgan fingerprint density at radius 3 is 2.46 bits per heavy atom. The number of nitrogens with one attached hydrogen (secondary N) is 1. The van der Waals surface area contributed by atoms with Gasteiger partial charge in [0, 0.05) is 0 Å². The molecule has 2 rings (SSSR count).